The smallest absolute Gasteiger partial charge is 0.172 e. The molecule has 0 fully saturated rings. The van der Waals surface area contributed by atoms with Crippen molar-refractivity contribution in [3.63, 3.8) is 0 Å². The van der Waals surface area contributed by atoms with Crippen LogP contribution in [-0.4, -0.2) is 4.21 Å². The van der Waals surface area contributed by atoms with Crippen LogP contribution in [0.2, 0.25) is 0 Å². The summed E-state index contributed by atoms with van der Waals surface area (Å²) in [6.07, 6.45) is 0. The summed E-state index contributed by atoms with van der Waals surface area (Å²) in [5.74, 6) is 0. The Labute approximate surface area is 114 Å². The molecule has 0 aliphatic heterocycles. The number of rotatable bonds is 0. The zero-order valence-corrected chi connectivity index (χ0v) is 12.5. The normalized spacial score (nSPS) is 7.47. The molecule has 0 saturated heterocycles. The van der Waals surface area contributed by atoms with E-state index in [0.29, 0.717) is 0 Å². The predicted molar refractivity (Wildman–Crippen MR) is 67.9 cm³/mol. The molecule has 0 N–H and O–H groups in total. The van der Waals surface area contributed by atoms with E-state index in [1.807, 2.05) is 30.3 Å². The molecule has 0 unspecified atom stereocenters. The fourth-order valence-electron chi connectivity index (χ4n) is 0.920. The molecule has 0 aromatic heterocycles. The molecule has 0 heterocycles. The molecular weight excluding hydrogens is 283 g/mol. The summed E-state index contributed by atoms with van der Waals surface area (Å²) in [6.45, 7) is 4.24. The molecule has 2 heteroatoms. The van der Waals surface area contributed by atoms with Crippen molar-refractivity contribution in [2.75, 3.05) is 0 Å². The first-order valence-electron chi connectivity index (χ1n) is 4.51. The van der Waals surface area contributed by atoms with Gasteiger partial charge in [0.05, 0.1) is 0 Å². The third-order valence-electron chi connectivity index (χ3n) is 1.87. The molecular formula is C13H17ClZr. The van der Waals surface area contributed by atoms with Crippen LogP contribution in [0.15, 0.2) is 48.5 Å². The maximum atomic E-state index is 3.34. The first-order valence-corrected chi connectivity index (χ1v) is 6.25. The average Bonchev–Trinajstić information content (AvgIpc) is 2.86. The minimum Gasteiger partial charge on any atom is -0.214 e. The summed E-state index contributed by atoms with van der Waals surface area (Å²) in [5.41, 5.74) is 2.78. The average molecular weight is 300 g/mol. The summed E-state index contributed by atoms with van der Waals surface area (Å²) in [5, 5.41) is 0. The van der Waals surface area contributed by atoms with Gasteiger partial charge in [0.2, 0.25) is 0 Å². The third kappa shape index (κ3) is 8.72. The fourth-order valence-corrected chi connectivity index (χ4v) is 0.920. The molecule has 15 heavy (non-hydrogen) atoms. The van der Waals surface area contributed by atoms with Crippen LogP contribution in [0, 0.1) is 13.8 Å². The molecule has 0 atom stereocenters. The van der Waals surface area contributed by atoms with Crippen molar-refractivity contribution in [3.8, 4) is 0 Å². The Morgan fingerprint density at radius 1 is 0.933 bits per heavy atom. The van der Waals surface area contributed by atoms with Gasteiger partial charge in [0, 0.05) is 0 Å². The van der Waals surface area contributed by atoms with Crippen LogP contribution in [0.25, 0.3) is 0 Å². The second-order valence-electron chi connectivity index (χ2n) is 2.85. The topological polar surface area (TPSA) is 0 Å². The van der Waals surface area contributed by atoms with Gasteiger partial charge in [0.15, 0.2) is 0 Å². The largest absolute Gasteiger partial charge is 0.214 e. The van der Waals surface area contributed by atoms with Crippen molar-refractivity contribution < 1.29 is 24.2 Å². The van der Waals surface area contributed by atoms with E-state index >= 15 is 0 Å². The number of hydrogen-bond donors (Lipinski definition) is 0. The standard InChI is InChI=1S/C7H9.C5H5.CH2.ClH.Zr/c1-6-4-3-5-7(6)2;1-2-4-5-3-1;;;/h3-5H,1-2H3;1-5H;1H2;1H;/q2*-1;;;+2. The van der Waals surface area contributed by atoms with E-state index in [-0.39, 0.29) is 12.4 Å². The zero-order chi connectivity index (χ0) is 10.8. The van der Waals surface area contributed by atoms with Gasteiger partial charge in [-0.15, -0.1) is 12.4 Å². The van der Waals surface area contributed by atoms with Crippen LogP contribution in [0.5, 0.6) is 0 Å². The molecule has 0 radical (unpaired) electrons. The van der Waals surface area contributed by atoms with Gasteiger partial charge in [-0.1, -0.05) is 13.8 Å². The second-order valence-corrected chi connectivity index (χ2v) is 2.85. The van der Waals surface area contributed by atoms with Gasteiger partial charge in [0.1, 0.15) is 0 Å². The summed E-state index contributed by atoms with van der Waals surface area (Å²) in [4.78, 5) is 0. The summed E-state index contributed by atoms with van der Waals surface area (Å²) in [7, 11) is 0. The minimum absolute atomic E-state index is 0. The third-order valence-corrected chi connectivity index (χ3v) is 1.87. The van der Waals surface area contributed by atoms with E-state index in [9.17, 15) is 0 Å². The Hall–Kier alpha value is -0.257. The van der Waals surface area contributed by atoms with E-state index in [0.717, 1.165) is 0 Å². The first kappa shape index (κ1) is 17.1. The number of halogens is 1. The molecule has 80 valence electrons. The van der Waals surface area contributed by atoms with E-state index in [2.05, 4.69) is 36.3 Å². The molecule has 0 nitrogen and oxygen atoms in total. The Morgan fingerprint density at radius 3 is 1.47 bits per heavy atom. The van der Waals surface area contributed by atoms with Gasteiger partial charge in [-0.25, -0.2) is 12.1 Å². The van der Waals surface area contributed by atoms with Crippen molar-refractivity contribution >= 4 is 16.6 Å². The van der Waals surface area contributed by atoms with Crippen molar-refractivity contribution in [2.45, 2.75) is 13.8 Å². The molecule has 2 aromatic rings. The van der Waals surface area contributed by atoms with Crippen LogP contribution in [-0.2, 0) is 24.2 Å². The van der Waals surface area contributed by atoms with Crippen LogP contribution in [0.4, 0.5) is 0 Å². The molecule has 0 bridgehead atoms. The van der Waals surface area contributed by atoms with Crippen molar-refractivity contribution in [1.29, 1.82) is 0 Å². The number of hydrogen-bond acceptors (Lipinski definition) is 0. The minimum atomic E-state index is 0. The SMILES string of the molecule is Cc1c[cH-]cc1C.Cl.[CH2]=[Zr+2].c1cc[cH-]c1. The second kappa shape index (κ2) is 11.8. The summed E-state index contributed by atoms with van der Waals surface area (Å²) in [6, 6.07) is 16.3. The summed E-state index contributed by atoms with van der Waals surface area (Å²) < 4.78 is 3.34. The van der Waals surface area contributed by atoms with Gasteiger partial charge in [-0.3, -0.25) is 0 Å². The van der Waals surface area contributed by atoms with Gasteiger partial charge in [0.25, 0.3) is 0 Å². The molecule has 2 aromatic carbocycles. The fraction of sp³-hybridized carbons (Fsp3) is 0.154. The van der Waals surface area contributed by atoms with Crippen LogP contribution in [0.1, 0.15) is 11.1 Å². The van der Waals surface area contributed by atoms with Crippen molar-refractivity contribution in [1.82, 2.24) is 0 Å². The Bertz CT molecular complexity index is 275. The van der Waals surface area contributed by atoms with Gasteiger partial charge in [-0.2, -0.15) is 47.5 Å². The Morgan fingerprint density at radius 2 is 1.33 bits per heavy atom. The zero-order valence-electron chi connectivity index (χ0n) is 9.23. The molecule has 2 rings (SSSR count). The molecule has 0 aliphatic rings. The van der Waals surface area contributed by atoms with Crippen molar-refractivity contribution in [2.24, 2.45) is 0 Å². The molecule has 0 spiro atoms. The summed E-state index contributed by atoms with van der Waals surface area (Å²) >= 11 is 1.30. The van der Waals surface area contributed by atoms with E-state index in [4.69, 9.17) is 0 Å². The van der Waals surface area contributed by atoms with Gasteiger partial charge < -0.3 is 0 Å². The number of aryl methyl sites for hydroxylation is 2. The van der Waals surface area contributed by atoms with Crippen LogP contribution >= 0.6 is 12.4 Å². The molecule has 0 aliphatic carbocycles. The van der Waals surface area contributed by atoms with E-state index < -0.39 is 0 Å². The Balaban J connectivity index is 0. The van der Waals surface area contributed by atoms with Crippen LogP contribution < -0.4 is 0 Å². The Kier molecular flexibility index (Phi) is 13.5. The predicted octanol–water partition coefficient (Wildman–Crippen LogP) is 3.81. The molecule has 0 saturated carbocycles. The van der Waals surface area contributed by atoms with E-state index in [1.54, 1.807) is 0 Å². The van der Waals surface area contributed by atoms with E-state index in [1.165, 1.54) is 35.4 Å². The molecule has 0 amide bonds. The van der Waals surface area contributed by atoms with Gasteiger partial charge >= 0.3 is 28.4 Å². The van der Waals surface area contributed by atoms with Gasteiger partial charge in [-0.05, 0) is 0 Å². The monoisotopic (exact) mass is 298 g/mol. The maximum Gasteiger partial charge on any atom is -0.172 e. The quantitative estimate of drug-likeness (QED) is 0.649. The first-order chi connectivity index (χ1) is 6.80. The van der Waals surface area contributed by atoms with Crippen molar-refractivity contribution in [3.05, 3.63) is 59.7 Å². The maximum absolute atomic E-state index is 3.34. The van der Waals surface area contributed by atoms with Crippen LogP contribution in [0.3, 0.4) is 0 Å².